The largest absolute Gasteiger partial charge is 0.346 e. The molecule has 0 rings (SSSR count). The van der Waals surface area contributed by atoms with Gasteiger partial charge in [-0.1, -0.05) is 13.8 Å². The van der Waals surface area contributed by atoms with Crippen molar-refractivity contribution in [2.45, 2.75) is 52.1 Å². The van der Waals surface area contributed by atoms with E-state index in [1.54, 1.807) is 13.8 Å². The highest BCUT2D eigenvalue weighted by molar-refractivity contribution is 5.86. The van der Waals surface area contributed by atoms with E-state index in [0.29, 0.717) is 12.6 Å². The molecule has 1 amide bonds. The Bertz CT molecular complexity index is 353. The van der Waals surface area contributed by atoms with Gasteiger partial charge in [0.05, 0.1) is 12.1 Å². The van der Waals surface area contributed by atoms with Gasteiger partial charge in [-0.15, -0.1) is 0 Å². The molecular weight excluding hydrogens is 248 g/mol. The van der Waals surface area contributed by atoms with Crippen LogP contribution in [0, 0.1) is 5.41 Å². The Morgan fingerprint density at radius 3 is 2.32 bits per heavy atom. The van der Waals surface area contributed by atoms with E-state index in [1.165, 1.54) is 6.92 Å². The Kier molecular flexibility index (Phi) is 7.14. The van der Waals surface area contributed by atoms with Crippen molar-refractivity contribution in [3.63, 3.8) is 0 Å². The van der Waals surface area contributed by atoms with Crippen LogP contribution in [-0.2, 0) is 19.2 Å². The normalized spacial score (nSPS) is 14.3. The average molecular weight is 270 g/mol. The van der Waals surface area contributed by atoms with Gasteiger partial charge in [-0.3, -0.25) is 9.59 Å². The molecule has 0 aliphatic rings. The molecule has 0 aliphatic carbocycles. The number of amides is 1. The number of carbonyl (C=O) groups excluding carboxylic acids is 4. The number of ketones is 1. The maximum Gasteiger partial charge on any atom is 0.226 e. The van der Waals surface area contributed by atoms with Crippen LogP contribution in [0.5, 0.6) is 0 Å². The van der Waals surface area contributed by atoms with E-state index in [-0.39, 0.29) is 31.0 Å². The molecule has 0 heterocycles. The lowest BCUT2D eigenvalue weighted by Gasteiger charge is -2.27. The van der Waals surface area contributed by atoms with Crippen molar-refractivity contribution in [1.82, 2.24) is 5.32 Å². The van der Waals surface area contributed by atoms with Gasteiger partial charge in [0.2, 0.25) is 5.91 Å². The summed E-state index contributed by atoms with van der Waals surface area (Å²) in [5.41, 5.74) is 4.78. The van der Waals surface area contributed by atoms with Gasteiger partial charge in [-0.2, -0.15) is 0 Å². The molecule has 0 bridgehead atoms. The minimum Gasteiger partial charge on any atom is -0.346 e. The lowest BCUT2D eigenvalue weighted by atomic mass is 9.83. The molecule has 0 aliphatic heterocycles. The van der Waals surface area contributed by atoms with Crippen LogP contribution in [0.3, 0.4) is 0 Å². The molecule has 108 valence electrons. The van der Waals surface area contributed by atoms with Crippen molar-refractivity contribution in [3.05, 3.63) is 0 Å². The molecule has 0 aromatic heterocycles. The van der Waals surface area contributed by atoms with Gasteiger partial charge in [0, 0.05) is 11.8 Å². The standard InChI is InChI=1S/C13H22N2O4/c1-9(18)11(14)7-13(2,3)12(19)15-10(8-17)5-4-6-16/h6,8,10-11H,4-5,7,14H2,1-3H3,(H,15,19). The molecule has 0 aromatic carbocycles. The van der Waals surface area contributed by atoms with E-state index in [2.05, 4.69) is 5.32 Å². The first-order chi connectivity index (χ1) is 8.74. The fraction of sp³-hybridized carbons (Fsp3) is 0.692. The van der Waals surface area contributed by atoms with Crippen LogP contribution >= 0.6 is 0 Å². The molecular formula is C13H22N2O4. The van der Waals surface area contributed by atoms with E-state index < -0.39 is 17.5 Å². The summed E-state index contributed by atoms with van der Waals surface area (Å²) in [6, 6.07) is -1.39. The second kappa shape index (κ2) is 7.78. The van der Waals surface area contributed by atoms with Crippen molar-refractivity contribution >= 4 is 24.3 Å². The summed E-state index contributed by atoms with van der Waals surface area (Å²) < 4.78 is 0. The maximum atomic E-state index is 12.0. The number of hydrogen-bond acceptors (Lipinski definition) is 5. The van der Waals surface area contributed by atoms with Gasteiger partial charge in [0.1, 0.15) is 18.4 Å². The first-order valence-corrected chi connectivity index (χ1v) is 6.20. The number of carbonyl (C=O) groups is 4. The van der Waals surface area contributed by atoms with E-state index >= 15 is 0 Å². The summed E-state index contributed by atoms with van der Waals surface area (Å²) in [6.07, 6.45) is 1.97. The predicted molar refractivity (Wildman–Crippen MR) is 70.3 cm³/mol. The lowest BCUT2D eigenvalue weighted by molar-refractivity contribution is -0.132. The third kappa shape index (κ3) is 6.24. The molecule has 0 fully saturated rings. The maximum absolute atomic E-state index is 12.0. The minimum absolute atomic E-state index is 0.186. The van der Waals surface area contributed by atoms with Crippen LogP contribution in [-0.4, -0.2) is 36.3 Å². The zero-order chi connectivity index (χ0) is 15.1. The predicted octanol–water partition coefficient (Wildman–Crippen LogP) is -0.0182. The highest BCUT2D eigenvalue weighted by atomic mass is 16.2. The number of nitrogens with one attached hydrogen (secondary N) is 1. The van der Waals surface area contributed by atoms with Crippen molar-refractivity contribution in [1.29, 1.82) is 0 Å². The fourth-order valence-corrected chi connectivity index (χ4v) is 1.57. The number of nitrogens with two attached hydrogens (primary N) is 1. The van der Waals surface area contributed by atoms with Crippen molar-refractivity contribution in [3.8, 4) is 0 Å². The summed E-state index contributed by atoms with van der Waals surface area (Å²) in [7, 11) is 0. The van der Waals surface area contributed by atoms with E-state index in [0.717, 1.165) is 0 Å². The summed E-state index contributed by atoms with van der Waals surface area (Å²) in [6.45, 7) is 4.69. The summed E-state index contributed by atoms with van der Waals surface area (Å²) in [4.78, 5) is 44.2. The van der Waals surface area contributed by atoms with Crippen molar-refractivity contribution in [2.75, 3.05) is 0 Å². The topological polar surface area (TPSA) is 106 Å². The van der Waals surface area contributed by atoms with Gasteiger partial charge in [-0.25, -0.2) is 0 Å². The van der Waals surface area contributed by atoms with Crippen LogP contribution in [0.15, 0.2) is 0 Å². The van der Waals surface area contributed by atoms with Gasteiger partial charge in [0.25, 0.3) is 0 Å². The SMILES string of the molecule is CC(=O)C(N)CC(C)(C)C(=O)NC(C=O)CCC=O. The first-order valence-electron chi connectivity index (χ1n) is 6.20. The van der Waals surface area contributed by atoms with Crippen LogP contribution in [0.25, 0.3) is 0 Å². The highest BCUT2D eigenvalue weighted by Gasteiger charge is 2.32. The summed E-state index contributed by atoms with van der Waals surface area (Å²) in [5.74, 6) is -0.541. The molecule has 2 unspecified atom stereocenters. The van der Waals surface area contributed by atoms with E-state index in [9.17, 15) is 19.2 Å². The second-order valence-corrected chi connectivity index (χ2v) is 5.27. The van der Waals surface area contributed by atoms with Crippen LogP contribution < -0.4 is 11.1 Å². The lowest BCUT2D eigenvalue weighted by Crippen LogP contribution is -2.46. The quantitative estimate of drug-likeness (QED) is 0.573. The van der Waals surface area contributed by atoms with Gasteiger partial charge in [0.15, 0.2) is 0 Å². The zero-order valence-corrected chi connectivity index (χ0v) is 11.6. The van der Waals surface area contributed by atoms with Crippen LogP contribution in [0.4, 0.5) is 0 Å². The molecule has 0 saturated carbocycles. The Morgan fingerprint density at radius 1 is 1.32 bits per heavy atom. The summed E-state index contributed by atoms with van der Waals surface area (Å²) in [5, 5.41) is 2.55. The Hall–Kier alpha value is -1.56. The molecule has 3 N–H and O–H groups in total. The Morgan fingerprint density at radius 2 is 1.89 bits per heavy atom. The van der Waals surface area contributed by atoms with Crippen molar-refractivity contribution in [2.24, 2.45) is 11.1 Å². The third-order valence-electron chi connectivity index (χ3n) is 2.94. The summed E-state index contributed by atoms with van der Waals surface area (Å²) >= 11 is 0. The van der Waals surface area contributed by atoms with Crippen molar-refractivity contribution < 1.29 is 19.2 Å². The van der Waals surface area contributed by atoms with Crippen LogP contribution in [0.1, 0.15) is 40.0 Å². The number of hydrogen-bond donors (Lipinski definition) is 2. The average Bonchev–Trinajstić information content (AvgIpc) is 2.33. The smallest absolute Gasteiger partial charge is 0.226 e. The van der Waals surface area contributed by atoms with E-state index in [4.69, 9.17) is 5.73 Å². The molecule has 0 radical (unpaired) electrons. The van der Waals surface area contributed by atoms with Crippen LogP contribution in [0.2, 0.25) is 0 Å². The minimum atomic E-state index is -0.854. The van der Waals surface area contributed by atoms with Gasteiger partial charge in [-0.05, 0) is 19.8 Å². The first kappa shape index (κ1) is 17.4. The highest BCUT2D eigenvalue weighted by Crippen LogP contribution is 2.22. The Labute approximate surface area is 113 Å². The van der Waals surface area contributed by atoms with Gasteiger partial charge < -0.3 is 20.6 Å². The monoisotopic (exact) mass is 270 g/mol. The molecule has 6 heteroatoms. The zero-order valence-electron chi connectivity index (χ0n) is 11.6. The Balaban J connectivity index is 4.55. The molecule has 19 heavy (non-hydrogen) atoms. The number of rotatable bonds is 9. The molecule has 0 saturated heterocycles. The third-order valence-corrected chi connectivity index (χ3v) is 2.94. The molecule has 6 nitrogen and oxygen atoms in total. The second-order valence-electron chi connectivity index (χ2n) is 5.27. The fourth-order valence-electron chi connectivity index (χ4n) is 1.57. The molecule has 0 spiro atoms. The molecule has 0 aromatic rings. The van der Waals surface area contributed by atoms with Gasteiger partial charge >= 0.3 is 0 Å². The number of aldehydes is 2. The molecule has 2 atom stereocenters. The van der Waals surface area contributed by atoms with E-state index in [1.807, 2.05) is 0 Å². The number of Topliss-reactive ketones (excluding diaryl/α,β-unsaturated/α-hetero) is 1.